The number of aryl methyl sites for hydroxylation is 2. The van der Waals surface area contributed by atoms with Gasteiger partial charge in [-0.25, -0.2) is 4.98 Å². The smallest absolute Gasteiger partial charge is 0.255 e. The molecule has 0 amide bonds. The Morgan fingerprint density at radius 2 is 2.15 bits per heavy atom. The molecule has 5 heteroatoms. The highest BCUT2D eigenvalue weighted by molar-refractivity contribution is 9.10. The van der Waals surface area contributed by atoms with Gasteiger partial charge in [0.05, 0.1) is 5.56 Å². The molecular formula is C15H18BrN3O. The molecule has 0 aliphatic rings. The lowest BCUT2D eigenvalue weighted by molar-refractivity contribution is 0.562. The first kappa shape index (κ1) is 14.9. The average molecular weight is 336 g/mol. The van der Waals surface area contributed by atoms with Crippen LogP contribution in [0.15, 0.2) is 33.5 Å². The van der Waals surface area contributed by atoms with E-state index in [-0.39, 0.29) is 11.6 Å². The zero-order valence-corrected chi connectivity index (χ0v) is 13.4. The zero-order chi connectivity index (χ0) is 14.7. The minimum absolute atomic E-state index is 0.0502. The molecule has 0 aliphatic carbocycles. The Hall–Kier alpha value is -1.46. The fraction of sp³-hybridized carbons (Fsp3) is 0.333. The first-order chi connectivity index (χ1) is 9.47. The van der Waals surface area contributed by atoms with Crippen molar-refractivity contribution in [2.75, 3.05) is 0 Å². The molecule has 0 spiro atoms. The Bertz CT molecular complexity index is 666. The lowest BCUT2D eigenvalue weighted by Crippen LogP contribution is -2.27. The van der Waals surface area contributed by atoms with Gasteiger partial charge in [-0.1, -0.05) is 28.1 Å². The van der Waals surface area contributed by atoms with Crippen LogP contribution in [-0.2, 0) is 6.54 Å². The summed E-state index contributed by atoms with van der Waals surface area (Å²) in [6, 6.07) is 8.05. The Morgan fingerprint density at radius 1 is 1.40 bits per heavy atom. The van der Waals surface area contributed by atoms with E-state index in [1.165, 1.54) is 5.56 Å². The fourth-order valence-corrected chi connectivity index (χ4v) is 2.71. The van der Waals surface area contributed by atoms with Crippen molar-refractivity contribution in [3.8, 4) is 0 Å². The van der Waals surface area contributed by atoms with E-state index >= 15 is 0 Å². The summed E-state index contributed by atoms with van der Waals surface area (Å²) in [7, 11) is 0. The molecule has 106 valence electrons. The number of halogens is 1. The summed E-state index contributed by atoms with van der Waals surface area (Å²) in [6.07, 6.45) is 0. The zero-order valence-electron chi connectivity index (χ0n) is 11.8. The molecule has 4 nitrogen and oxygen atoms in total. The predicted octanol–water partition coefficient (Wildman–Crippen LogP) is 3.00. The molecule has 0 fully saturated rings. The summed E-state index contributed by atoms with van der Waals surface area (Å²) < 4.78 is 1.05. The average Bonchev–Trinajstić information content (AvgIpc) is 2.35. The van der Waals surface area contributed by atoms with E-state index in [2.05, 4.69) is 43.3 Å². The van der Waals surface area contributed by atoms with Crippen LogP contribution in [0.25, 0.3) is 0 Å². The number of benzene rings is 1. The number of hydrogen-bond acceptors (Lipinski definition) is 3. The van der Waals surface area contributed by atoms with E-state index < -0.39 is 0 Å². The van der Waals surface area contributed by atoms with Crippen LogP contribution in [0.3, 0.4) is 0 Å². The molecule has 0 saturated carbocycles. The Balaban J connectivity index is 2.13. The van der Waals surface area contributed by atoms with E-state index in [1.807, 2.05) is 26.0 Å². The lowest BCUT2D eigenvalue weighted by Gasteiger charge is -2.15. The van der Waals surface area contributed by atoms with Crippen LogP contribution in [0, 0.1) is 13.8 Å². The molecule has 2 rings (SSSR count). The number of nitrogens with zero attached hydrogens (tertiary/aromatic N) is 1. The van der Waals surface area contributed by atoms with E-state index in [9.17, 15) is 4.79 Å². The molecule has 1 aromatic carbocycles. The van der Waals surface area contributed by atoms with Crippen molar-refractivity contribution in [3.05, 3.63) is 61.7 Å². The van der Waals surface area contributed by atoms with Gasteiger partial charge in [0.25, 0.3) is 5.56 Å². The summed E-state index contributed by atoms with van der Waals surface area (Å²) >= 11 is 3.45. The normalized spacial score (nSPS) is 12.4. The fourth-order valence-electron chi connectivity index (χ4n) is 2.27. The topological polar surface area (TPSA) is 57.8 Å². The Kier molecular flexibility index (Phi) is 4.73. The van der Waals surface area contributed by atoms with E-state index in [0.29, 0.717) is 17.9 Å². The summed E-state index contributed by atoms with van der Waals surface area (Å²) in [6.45, 7) is 6.34. The maximum atomic E-state index is 12.0. The maximum absolute atomic E-state index is 12.0. The third-order valence-corrected chi connectivity index (χ3v) is 3.69. The van der Waals surface area contributed by atoms with Crippen molar-refractivity contribution in [1.29, 1.82) is 0 Å². The standard InChI is InChI=1S/C15H18BrN3O/c1-9(14-10(2)18-11(3)19-15(14)20)17-8-12-5-4-6-13(16)7-12/h4-7,9,17H,8H2,1-3H3,(H,18,19,20). The number of H-pyrrole nitrogens is 1. The van der Waals surface area contributed by atoms with Crippen LogP contribution in [0.1, 0.15) is 35.6 Å². The van der Waals surface area contributed by atoms with Crippen molar-refractivity contribution in [1.82, 2.24) is 15.3 Å². The second-order valence-corrected chi connectivity index (χ2v) is 5.80. The predicted molar refractivity (Wildman–Crippen MR) is 83.7 cm³/mol. The molecule has 0 bridgehead atoms. The van der Waals surface area contributed by atoms with Gasteiger partial charge in [0, 0.05) is 22.8 Å². The number of nitrogens with one attached hydrogen (secondary N) is 2. The molecule has 1 aromatic heterocycles. The van der Waals surface area contributed by atoms with Crippen LogP contribution in [-0.4, -0.2) is 9.97 Å². The van der Waals surface area contributed by atoms with Crippen LogP contribution >= 0.6 is 15.9 Å². The number of hydrogen-bond donors (Lipinski definition) is 2. The van der Waals surface area contributed by atoms with Gasteiger partial charge in [0.1, 0.15) is 5.82 Å². The summed E-state index contributed by atoms with van der Waals surface area (Å²) in [5.41, 5.74) is 2.58. The van der Waals surface area contributed by atoms with Gasteiger partial charge in [-0.3, -0.25) is 4.79 Å². The largest absolute Gasteiger partial charge is 0.310 e. The van der Waals surface area contributed by atoms with Crippen molar-refractivity contribution >= 4 is 15.9 Å². The Morgan fingerprint density at radius 3 is 2.80 bits per heavy atom. The van der Waals surface area contributed by atoms with Gasteiger partial charge < -0.3 is 10.3 Å². The van der Waals surface area contributed by atoms with Crippen molar-refractivity contribution in [3.63, 3.8) is 0 Å². The van der Waals surface area contributed by atoms with Crippen LogP contribution in [0.2, 0.25) is 0 Å². The maximum Gasteiger partial charge on any atom is 0.255 e. The van der Waals surface area contributed by atoms with Gasteiger partial charge in [0.15, 0.2) is 0 Å². The molecule has 1 unspecified atom stereocenters. The second-order valence-electron chi connectivity index (χ2n) is 4.88. The molecule has 1 atom stereocenters. The third kappa shape index (κ3) is 3.55. The summed E-state index contributed by atoms with van der Waals surface area (Å²) in [4.78, 5) is 19.1. The van der Waals surface area contributed by atoms with E-state index in [4.69, 9.17) is 0 Å². The molecule has 0 aliphatic heterocycles. The number of rotatable bonds is 4. The molecule has 0 saturated heterocycles. The third-order valence-electron chi connectivity index (χ3n) is 3.20. The quantitative estimate of drug-likeness (QED) is 0.902. The van der Waals surface area contributed by atoms with Crippen LogP contribution in [0.4, 0.5) is 0 Å². The highest BCUT2D eigenvalue weighted by atomic mass is 79.9. The SMILES string of the molecule is Cc1nc(C)c(C(C)NCc2cccc(Br)c2)c(=O)[nH]1. The second kappa shape index (κ2) is 6.33. The minimum Gasteiger partial charge on any atom is -0.310 e. The molecule has 2 N–H and O–H groups in total. The van der Waals surface area contributed by atoms with Gasteiger partial charge in [0.2, 0.25) is 0 Å². The van der Waals surface area contributed by atoms with E-state index in [1.54, 1.807) is 6.92 Å². The molecule has 1 heterocycles. The van der Waals surface area contributed by atoms with Crippen molar-refractivity contribution < 1.29 is 0 Å². The van der Waals surface area contributed by atoms with Gasteiger partial charge in [-0.05, 0) is 38.5 Å². The Labute approximate surface area is 126 Å². The summed E-state index contributed by atoms with van der Waals surface area (Å²) in [5.74, 6) is 0.649. The summed E-state index contributed by atoms with van der Waals surface area (Å²) in [5, 5.41) is 3.36. The molecule has 0 radical (unpaired) electrons. The monoisotopic (exact) mass is 335 g/mol. The van der Waals surface area contributed by atoms with Gasteiger partial charge >= 0.3 is 0 Å². The molecular weight excluding hydrogens is 318 g/mol. The lowest BCUT2D eigenvalue weighted by atomic mass is 10.1. The molecule has 20 heavy (non-hydrogen) atoms. The van der Waals surface area contributed by atoms with Crippen molar-refractivity contribution in [2.24, 2.45) is 0 Å². The van der Waals surface area contributed by atoms with Crippen molar-refractivity contribution in [2.45, 2.75) is 33.4 Å². The van der Waals surface area contributed by atoms with Crippen LogP contribution in [0.5, 0.6) is 0 Å². The highest BCUT2D eigenvalue weighted by Crippen LogP contribution is 2.14. The minimum atomic E-state index is -0.0655. The number of aromatic amines is 1. The van der Waals surface area contributed by atoms with Gasteiger partial charge in [-0.2, -0.15) is 0 Å². The first-order valence-corrected chi connectivity index (χ1v) is 7.32. The van der Waals surface area contributed by atoms with E-state index in [0.717, 1.165) is 10.2 Å². The van der Waals surface area contributed by atoms with Crippen LogP contribution < -0.4 is 10.9 Å². The number of aromatic nitrogens is 2. The van der Waals surface area contributed by atoms with Gasteiger partial charge in [-0.15, -0.1) is 0 Å². The highest BCUT2D eigenvalue weighted by Gasteiger charge is 2.14. The first-order valence-electron chi connectivity index (χ1n) is 6.52. The molecule has 2 aromatic rings.